The van der Waals surface area contributed by atoms with E-state index in [1.54, 1.807) is 23.1 Å². The van der Waals surface area contributed by atoms with Crippen LogP contribution in [0.3, 0.4) is 0 Å². The van der Waals surface area contributed by atoms with Crippen LogP contribution in [0.2, 0.25) is 5.02 Å². The highest BCUT2D eigenvalue weighted by molar-refractivity contribution is 7.89. The predicted molar refractivity (Wildman–Crippen MR) is 85.8 cm³/mol. The second kappa shape index (κ2) is 6.76. The SMILES string of the molecule is O=C([C@@H]1CCCO1)N1CCN(S(=O)(=O)c2ccccc2Cl)CC1. The zero-order valence-corrected chi connectivity index (χ0v) is 14.2. The lowest BCUT2D eigenvalue weighted by Crippen LogP contribution is -2.52. The zero-order chi connectivity index (χ0) is 16.4. The van der Waals surface area contributed by atoms with Crippen LogP contribution >= 0.6 is 11.6 Å². The summed E-state index contributed by atoms with van der Waals surface area (Å²) in [4.78, 5) is 14.1. The molecule has 126 valence electrons. The van der Waals surface area contributed by atoms with Gasteiger partial charge in [-0.2, -0.15) is 4.31 Å². The second-order valence-electron chi connectivity index (χ2n) is 5.66. The Morgan fingerprint density at radius 1 is 1.17 bits per heavy atom. The van der Waals surface area contributed by atoms with E-state index < -0.39 is 10.0 Å². The smallest absolute Gasteiger partial charge is 0.251 e. The van der Waals surface area contributed by atoms with Gasteiger partial charge in [-0.3, -0.25) is 4.79 Å². The highest BCUT2D eigenvalue weighted by Crippen LogP contribution is 2.25. The lowest BCUT2D eigenvalue weighted by atomic mass is 10.2. The summed E-state index contributed by atoms with van der Waals surface area (Å²) in [6.45, 7) is 1.92. The van der Waals surface area contributed by atoms with E-state index in [1.807, 2.05) is 0 Å². The van der Waals surface area contributed by atoms with Gasteiger partial charge < -0.3 is 9.64 Å². The molecule has 1 aromatic carbocycles. The summed E-state index contributed by atoms with van der Waals surface area (Å²) >= 11 is 6.01. The second-order valence-corrected chi connectivity index (χ2v) is 7.98. The number of sulfonamides is 1. The van der Waals surface area contributed by atoms with Gasteiger partial charge in [-0.1, -0.05) is 23.7 Å². The van der Waals surface area contributed by atoms with Gasteiger partial charge in [-0.15, -0.1) is 0 Å². The van der Waals surface area contributed by atoms with Gasteiger partial charge in [0.25, 0.3) is 5.91 Å². The fourth-order valence-corrected chi connectivity index (χ4v) is 4.83. The van der Waals surface area contributed by atoms with E-state index in [0.29, 0.717) is 19.7 Å². The average Bonchev–Trinajstić information content (AvgIpc) is 3.09. The monoisotopic (exact) mass is 358 g/mol. The third kappa shape index (κ3) is 3.38. The van der Waals surface area contributed by atoms with Crippen molar-refractivity contribution in [3.8, 4) is 0 Å². The number of hydrogen-bond donors (Lipinski definition) is 0. The summed E-state index contributed by atoms with van der Waals surface area (Å²) in [5.74, 6) is -0.0303. The molecule has 6 nitrogen and oxygen atoms in total. The van der Waals surface area contributed by atoms with Gasteiger partial charge in [0.05, 0.1) is 5.02 Å². The van der Waals surface area contributed by atoms with E-state index in [9.17, 15) is 13.2 Å². The summed E-state index contributed by atoms with van der Waals surface area (Å²) in [5, 5.41) is 0.213. The van der Waals surface area contributed by atoms with Crippen LogP contribution in [0.15, 0.2) is 29.2 Å². The highest BCUT2D eigenvalue weighted by atomic mass is 35.5. The molecule has 1 amide bonds. The fourth-order valence-electron chi connectivity index (χ4n) is 2.92. The Labute approximate surface area is 141 Å². The van der Waals surface area contributed by atoms with Crippen molar-refractivity contribution in [3.63, 3.8) is 0 Å². The van der Waals surface area contributed by atoms with Crippen LogP contribution < -0.4 is 0 Å². The average molecular weight is 359 g/mol. The summed E-state index contributed by atoms with van der Waals surface area (Å²) in [6, 6.07) is 6.41. The third-order valence-corrected chi connectivity index (χ3v) is 6.61. The molecule has 23 heavy (non-hydrogen) atoms. The van der Waals surface area contributed by atoms with E-state index in [1.165, 1.54) is 10.4 Å². The largest absolute Gasteiger partial charge is 0.368 e. The standard InChI is InChI=1S/C15H19ClN2O4S/c16-12-4-1-2-6-14(12)23(20,21)18-9-7-17(8-10-18)15(19)13-5-3-11-22-13/h1-2,4,6,13H,3,5,7-11H2/t13-/m0/s1. The fraction of sp³-hybridized carbons (Fsp3) is 0.533. The molecular weight excluding hydrogens is 340 g/mol. The van der Waals surface area contributed by atoms with E-state index in [0.717, 1.165) is 12.8 Å². The zero-order valence-electron chi connectivity index (χ0n) is 12.7. The van der Waals surface area contributed by atoms with Crippen molar-refractivity contribution in [1.82, 2.24) is 9.21 Å². The van der Waals surface area contributed by atoms with Gasteiger partial charge in [0.15, 0.2) is 0 Å². The summed E-state index contributed by atoms with van der Waals surface area (Å²) in [7, 11) is -3.63. The molecule has 2 heterocycles. The lowest BCUT2D eigenvalue weighted by Gasteiger charge is -2.35. The van der Waals surface area contributed by atoms with E-state index in [4.69, 9.17) is 16.3 Å². The minimum Gasteiger partial charge on any atom is -0.368 e. The van der Waals surface area contributed by atoms with E-state index in [-0.39, 0.29) is 35.0 Å². The molecule has 2 fully saturated rings. The van der Waals surface area contributed by atoms with Gasteiger partial charge in [0.2, 0.25) is 10.0 Å². The van der Waals surface area contributed by atoms with Crippen LogP contribution in [0.1, 0.15) is 12.8 Å². The van der Waals surface area contributed by atoms with Gasteiger partial charge in [0.1, 0.15) is 11.0 Å². The number of carbonyl (C=O) groups excluding carboxylic acids is 1. The highest BCUT2D eigenvalue weighted by Gasteiger charge is 2.34. The van der Waals surface area contributed by atoms with E-state index in [2.05, 4.69) is 0 Å². The van der Waals surface area contributed by atoms with Crippen LogP contribution in [-0.4, -0.2) is 62.4 Å². The van der Waals surface area contributed by atoms with Crippen LogP contribution in [-0.2, 0) is 19.6 Å². The topological polar surface area (TPSA) is 66.9 Å². The number of piperazine rings is 1. The quantitative estimate of drug-likeness (QED) is 0.818. The molecule has 2 aliphatic heterocycles. The van der Waals surface area contributed by atoms with Gasteiger partial charge in [-0.25, -0.2) is 8.42 Å². The number of ether oxygens (including phenoxy) is 1. The number of hydrogen-bond acceptors (Lipinski definition) is 4. The molecule has 0 aromatic heterocycles. The number of benzene rings is 1. The Morgan fingerprint density at radius 3 is 2.48 bits per heavy atom. The third-order valence-electron chi connectivity index (χ3n) is 4.21. The number of rotatable bonds is 3. The molecule has 0 unspecified atom stereocenters. The molecule has 0 radical (unpaired) electrons. The Balaban J connectivity index is 1.66. The van der Waals surface area contributed by atoms with Crippen molar-refractivity contribution in [2.45, 2.75) is 23.8 Å². The lowest BCUT2D eigenvalue weighted by molar-refractivity contribution is -0.142. The van der Waals surface area contributed by atoms with Crippen LogP contribution in [0, 0.1) is 0 Å². The first-order chi connectivity index (χ1) is 11.0. The van der Waals surface area contributed by atoms with E-state index >= 15 is 0 Å². The summed E-state index contributed by atoms with van der Waals surface area (Å²) < 4.78 is 32.1. The molecule has 0 N–H and O–H groups in total. The maximum Gasteiger partial charge on any atom is 0.251 e. The maximum absolute atomic E-state index is 12.7. The number of nitrogens with zero attached hydrogens (tertiary/aromatic N) is 2. The van der Waals surface area contributed by atoms with Crippen LogP contribution in [0.5, 0.6) is 0 Å². The van der Waals surface area contributed by atoms with Gasteiger partial charge in [-0.05, 0) is 25.0 Å². The Morgan fingerprint density at radius 2 is 1.87 bits per heavy atom. The molecule has 3 rings (SSSR count). The number of carbonyl (C=O) groups is 1. The normalized spacial score (nSPS) is 23.2. The molecule has 1 atom stereocenters. The molecular formula is C15H19ClN2O4S. The summed E-state index contributed by atoms with van der Waals surface area (Å²) in [5.41, 5.74) is 0. The molecule has 0 spiro atoms. The first kappa shape index (κ1) is 16.7. The van der Waals surface area contributed by atoms with Crippen LogP contribution in [0.4, 0.5) is 0 Å². The minimum atomic E-state index is -3.63. The Bertz CT molecular complexity index is 680. The summed E-state index contributed by atoms with van der Waals surface area (Å²) in [6.07, 6.45) is 1.29. The van der Waals surface area contributed by atoms with Crippen molar-refractivity contribution in [1.29, 1.82) is 0 Å². The molecule has 0 aliphatic carbocycles. The molecule has 1 aromatic rings. The molecule has 0 saturated carbocycles. The van der Waals surface area contributed by atoms with Crippen molar-refractivity contribution in [2.24, 2.45) is 0 Å². The Kier molecular flexibility index (Phi) is 4.91. The van der Waals surface area contributed by atoms with Gasteiger partial charge in [0, 0.05) is 32.8 Å². The first-order valence-electron chi connectivity index (χ1n) is 7.65. The van der Waals surface area contributed by atoms with Crippen molar-refractivity contribution < 1.29 is 17.9 Å². The Hall–Kier alpha value is -1.15. The minimum absolute atomic E-state index is 0.0303. The van der Waals surface area contributed by atoms with Crippen molar-refractivity contribution in [2.75, 3.05) is 32.8 Å². The number of halogens is 1. The molecule has 2 aliphatic rings. The molecule has 2 saturated heterocycles. The maximum atomic E-state index is 12.7. The van der Waals surface area contributed by atoms with Crippen LogP contribution in [0.25, 0.3) is 0 Å². The molecule has 0 bridgehead atoms. The molecule has 8 heteroatoms. The predicted octanol–water partition coefficient (Wildman–Crippen LogP) is 1.35. The van der Waals surface area contributed by atoms with Crippen molar-refractivity contribution in [3.05, 3.63) is 29.3 Å². The van der Waals surface area contributed by atoms with Gasteiger partial charge >= 0.3 is 0 Å². The van der Waals surface area contributed by atoms with Crippen molar-refractivity contribution >= 4 is 27.5 Å². The first-order valence-corrected chi connectivity index (χ1v) is 9.47. The number of amides is 1.